The van der Waals surface area contributed by atoms with E-state index in [1.807, 2.05) is 0 Å². The van der Waals surface area contributed by atoms with Crippen molar-refractivity contribution < 1.29 is 13.9 Å². The molecule has 0 saturated heterocycles. The molecule has 4 nitrogen and oxygen atoms in total. The lowest BCUT2D eigenvalue weighted by Gasteiger charge is -2.09. The van der Waals surface area contributed by atoms with E-state index in [1.165, 1.54) is 6.26 Å². The summed E-state index contributed by atoms with van der Waals surface area (Å²) in [5.41, 5.74) is 0.776. The average molecular weight is 311 g/mol. The summed E-state index contributed by atoms with van der Waals surface area (Å²) in [5, 5.41) is 0. The highest BCUT2D eigenvalue weighted by atomic mass is 79.9. The van der Waals surface area contributed by atoms with Crippen LogP contribution >= 0.6 is 15.9 Å². The van der Waals surface area contributed by atoms with Crippen LogP contribution in [0.4, 0.5) is 0 Å². The number of hydrogen-bond acceptors (Lipinski definition) is 4. The molecule has 94 valence electrons. The van der Waals surface area contributed by atoms with Gasteiger partial charge in [-0.15, -0.1) is 0 Å². The third-order valence-corrected chi connectivity index (χ3v) is 2.89. The molecule has 0 unspecified atom stereocenters. The van der Waals surface area contributed by atoms with Crippen LogP contribution in [0.5, 0.6) is 11.5 Å². The van der Waals surface area contributed by atoms with Crippen LogP contribution in [-0.4, -0.2) is 14.2 Å². The van der Waals surface area contributed by atoms with Crippen molar-refractivity contribution in [2.45, 2.75) is 0 Å². The van der Waals surface area contributed by atoms with Crippen molar-refractivity contribution in [3.63, 3.8) is 0 Å². The molecule has 0 N–H and O–H groups in total. The molecule has 1 aromatic carbocycles. The minimum Gasteiger partial charge on any atom is -0.493 e. The molecule has 0 spiro atoms. The van der Waals surface area contributed by atoms with Gasteiger partial charge in [0.15, 0.2) is 11.5 Å². The Labute approximate surface area is 112 Å². The molecule has 18 heavy (non-hydrogen) atoms. The summed E-state index contributed by atoms with van der Waals surface area (Å²) >= 11 is 3.27. The standard InChI is InChI=1S/C13H11BrO4/c1-16-11-4-3-8(5-12(11)17-2)10-6-9(14)7-18-13(10)15/h3-7H,1-2H3. The van der Waals surface area contributed by atoms with Crippen molar-refractivity contribution in [2.24, 2.45) is 0 Å². The molecule has 0 aliphatic rings. The smallest absolute Gasteiger partial charge is 0.343 e. The van der Waals surface area contributed by atoms with Gasteiger partial charge in [-0.05, 0) is 39.7 Å². The summed E-state index contributed by atoms with van der Waals surface area (Å²) < 4.78 is 15.9. The number of ether oxygens (including phenoxy) is 2. The van der Waals surface area contributed by atoms with Gasteiger partial charge in [-0.1, -0.05) is 6.07 Å². The van der Waals surface area contributed by atoms with Gasteiger partial charge in [0.2, 0.25) is 0 Å². The summed E-state index contributed by atoms with van der Waals surface area (Å²) in [6.07, 6.45) is 1.35. The predicted octanol–water partition coefficient (Wildman–Crippen LogP) is 3.09. The van der Waals surface area contributed by atoms with Crippen LogP contribution in [0.2, 0.25) is 0 Å². The molecular weight excluding hydrogens is 300 g/mol. The molecule has 2 aromatic rings. The summed E-state index contributed by atoms with van der Waals surface area (Å²) in [7, 11) is 3.11. The van der Waals surface area contributed by atoms with Crippen LogP contribution in [0.3, 0.4) is 0 Å². The topological polar surface area (TPSA) is 48.7 Å². The van der Waals surface area contributed by atoms with E-state index in [0.717, 1.165) is 0 Å². The normalized spacial score (nSPS) is 10.2. The molecule has 0 aliphatic heterocycles. The molecule has 0 atom stereocenters. The van der Waals surface area contributed by atoms with Gasteiger partial charge in [-0.2, -0.15) is 0 Å². The maximum Gasteiger partial charge on any atom is 0.343 e. The monoisotopic (exact) mass is 310 g/mol. The minimum absolute atomic E-state index is 0.398. The van der Waals surface area contributed by atoms with Gasteiger partial charge in [-0.3, -0.25) is 0 Å². The molecule has 2 rings (SSSR count). The average Bonchev–Trinajstić information content (AvgIpc) is 2.40. The number of halogens is 1. The Morgan fingerprint density at radius 3 is 2.50 bits per heavy atom. The van der Waals surface area contributed by atoms with Crippen molar-refractivity contribution in [1.82, 2.24) is 0 Å². The number of methoxy groups -OCH3 is 2. The molecule has 0 bridgehead atoms. The lowest BCUT2D eigenvalue weighted by atomic mass is 10.1. The van der Waals surface area contributed by atoms with Crippen LogP contribution in [0.15, 0.2) is 44.2 Å². The lowest BCUT2D eigenvalue weighted by molar-refractivity contribution is 0.355. The van der Waals surface area contributed by atoms with E-state index in [-0.39, 0.29) is 0 Å². The quantitative estimate of drug-likeness (QED) is 0.874. The van der Waals surface area contributed by atoms with Gasteiger partial charge in [0.25, 0.3) is 0 Å². The van der Waals surface area contributed by atoms with Gasteiger partial charge in [0, 0.05) is 0 Å². The summed E-state index contributed by atoms with van der Waals surface area (Å²) in [6.45, 7) is 0. The summed E-state index contributed by atoms with van der Waals surface area (Å²) in [4.78, 5) is 11.7. The van der Waals surface area contributed by atoms with Crippen LogP contribution in [-0.2, 0) is 0 Å². The summed E-state index contributed by atoms with van der Waals surface area (Å²) in [5.74, 6) is 1.18. The van der Waals surface area contributed by atoms with Gasteiger partial charge in [0.05, 0.1) is 24.3 Å². The molecule has 5 heteroatoms. The fraction of sp³-hybridized carbons (Fsp3) is 0.154. The SMILES string of the molecule is COc1ccc(-c2cc(Br)coc2=O)cc1OC. The van der Waals surface area contributed by atoms with E-state index < -0.39 is 5.63 Å². The lowest BCUT2D eigenvalue weighted by Crippen LogP contribution is -2.02. The Balaban J connectivity index is 2.57. The Hall–Kier alpha value is -1.75. The molecule has 0 fully saturated rings. The highest BCUT2D eigenvalue weighted by Gasteiger charge is 2.10. The fourth-order valence-electron chi connectivity index (χ4n) is 1.61. The highest BCUT2D eigenvalue weighted by molar-refractivity contribution is 9.10. The Morgan fingerprint density at radius 2 is 1.83 bits per heavy atom. The zero-order valence-electron chi connectivity index (χ0n) is 9.90. The zero-order valence-corrected chi connectivity index (χ0v) is 11.5. The molecule has 1 heterocycles. The molecule has 0 aliphatic carbocycles. The second-order valence-corrected chi connectivity index (χ2v) is 4.45. The van der Waals surface area contributed by atoms with E-state index in [1.54, 1.807) is 38.5 Å². The molecule has 1 aromatic heterocycles. The second kappa shape index (κ2) is 5.27. The van der Waals surface area contributed by atoms with Crippen molar-refractivity contribution in [3.05, 3.63) is 45.4 Å². The van der Waals surface area contributed by atoms with Gasteiger partial charge >= 0.3 is 5.63 Å². The molecule has 0 radical (unpaired) electrons. The van der Waals surface area contributed by atoms with Crippen LogP contribution in [0.25, 0.3) is 11.1 Å². The van der Waals surface area contributed by atoms with Crippen LogP contribution in [0, 0.1) is 0 Å². The largest absolute Gasteiger partial charge is 0.493 e. The summed E-state index contributed by atoms with van der Waals surface area (Å²) in [6, 6.07) is 6.96. The Morgan fingerprint density at radius 1 is 1.11 bits per heavy atom. The third-order valence-electron chi connectivity index (χ3n) is 2.48. The van der Waals surface area contributed by atoms with E-state index >= 15 is 0 Å². The fourth-order valence-corrected chi connectivity index (χ4v) is 1.93. The first-order valence-electron chi connectivity index (χ1n) is 5.16. The van der Waals surface area contributed by atoms with Crippen molar-refractivity contribution in [1.29, 1.82) is 0 Å². The predicted molar refractivity (Wildman–Crippen MR) is 71.2 cm³/mol. The number of hydrogen-bond donors (Lipinski definition) is 0. The first-order chi connectivity index (χ1) is 8.65. The maximum atomic E-state index is 11.7. The van der Waals surface area contributed by atoms with Crippen molar-refractivity contribution in [3.8, 4) is 22.6 Å². The zero-order chi connectivity index (χ0) is 13.1. The molecule has 0 saturated carbocycles. The van der Waals surface area contributed by atoms with E-state index in [4.69, 9.17) is 13.9 Å². The van der Waals surface area contributed by atoms with Crippen LogP contribution < -0.4 is 15.1 Å². The Kier molecular flexibility index (Phi) is 3.72. The molecular formula is C13H11BrO4. The second-order valence-electron chi connectivity index (χ2n) is 3.54. The van der Waals surface area contributed by atoms with Crippen LogP contribution in [0.1, 0.15) is 0 Å². The van der Waals surface area contributed by atoms with Gasteiger partial charge in [-0.25, -0.2) is 4.79 Å². The first kappa shape index (κ1) is 12.7. The Bertz CT molecular complexity index is 619. The number of rotatable bonds is 3. The third kappa shape index (κ3) is 2.41. The van der Waals surface area contributed by atoms with Gasteiger partial charge < -0.3 is 13.9 Å². The number of benzene rings is 1. The van der Waals surface area contributed by atoms with E-state index in [9.17, 15) is 4.79 Å². The van der Waals surface area contributed by atoms with Gasteiger partial charge in [0.1, 0.15) is 6.26 Å². The highest BCUT2D eigenvalue weighted by Crippen LogP contribution is 2.31. The van der Waals surface area contributed by atoms with Crippen molar-refractivity contribution >= 4 is 15.9 Å². The first-order valence-corrected chi connectivity index (χ1v) is 5.95. The minimum atomic E-state index is -0.398. The van der Waals surface area contributed by atoms with E-state index in [0.29, 0.717) is 27.1 Å². The maximum absolute atomic E-state index is 11.7. The molecule has 0 amide bonds. The van der Waals surface area contributed by atoms with Crippen molar-refractivity contribution in [2.75, 3.05) is 14.2 Å². The van der Waals surface area contributed by atoms with E-state index in [2.05, 4.69) is 15.9 Å².